The summed E-state index contributed by atoms with van der Waals surface area (Å²) in [5.41, 5.74) is 34.4. The first-order valence-corrected chi connectivity index (χ1v) is 6.26. The summed E-state index contributed by atoms with van der Waals surface area (Å²) in [6.07, 6.45) is 0. The van der Waals surface area contributed by atoms with Crippen molar-refractivity contribution in [2.24, 2.45) is 34.4 Å². The lowest BCUT2D eigenvalue weighted by atomic mass is 10.2. The molecule has 0 fully saturated rings. The van der Waals surface area contributed by atoms with Gasteiger partial charge in [-0.3, -0.25) is 34.4 Å². The summed E-state index contributed by atoms with van der Waals surface area (Å²) in [6.45, 7) is 0. The molecule has 0 radical (unpaired) electrons. The number of ether oxygens (including phenoxy) is 1. The van der Waals surface area contributed by atoms with Crippen molar-refractivity contribution in [1.29, 1.82) is 0 Å². The van der Waals surface area contributed by atoms with E-state index in [-0.39, 0.29) is 17.5 Å². The number of nitrogens with zero attached hydrogens (tertiary/aromatic N) is 3. The predicted molar refractivity (Wildman–Crippen MR) is 80.3 cm³/mol. The number of nitrogens with two attached hydrogens (primary N) is 6. The Kier molecular flexibility index (Phi) is 4.06. The summed E-state index contributed by atoms with van der Waals surface area (Å²) in [7, 11) is 1.51. The van der Waals surface area contributed by atoms with E-state index in [0.717, 1.165) is 0 Å². The minimum Gasteiger partial charge on any atom is -0.496 e. The van der Waals surface area contributed by atoms with Crippen LogP contribution in [0.5, 0.6) is 5.75 Å². The Morgan fingerprint density at radius 1 is 0.818 bits per heavy atom. The highest BCUT2D eigenvalue weighted by Crippen LogP contribution is 2.27. The van der Waals surface area contributed by atoms with Crippen LogP contribution in [0.25, 0.3) is 11.4 Å². The number of hydrogen-bond acceptors (Lipinski definition) is 10. The minimum absolute atomic E-state index is 0.107. The first-order chi connectivity index (χ1) is 10.1. The molecule has 1 aromatic carbocycles. The largest absolute Gasteiger partial charge is 0.496 e. The first-order valence-electron chi connectivity index (χ1n) is 6.26. The summed E-state index contributed by atoms with van der Waals surface area (Å²) < 4.78 is 5.26. The molecule has 0 aliphatic carbocycles. The number of benzene rings is 1. The van der Waals surface area contributed by atoms with Crippen LogP contribution in [0.3, 0.4) is 0 Å². The van der Waals surface area contributed by atoms with E-state index in [1.165, 1.54) is 7.11 Å². The van der Waals surface area contributed by atoms with E-state index in [4.69, 9.17) is 39.1 Å². The number of aromatic nitrogens is 3. The molecule has 0 saturated carbocycles. The minimum atomic E-state index is -1.81. The monoisotopic (exact) mass is 305 g/mol. The second-order valence-electron chi connectivity index (χ2n) is 4.87. The zero-order valence-corrected chi connectivity index (χ0v) is 12.0. The Morgan fingerprint density at radius 3 is 1.77 bits per heavy atom. The van der Waals surface area contributed by atoms with Crippen molar-refractivity contribution in [3.8, 4) is 17.1 Å². The molecule has 0 atom stereocenters. The van der Waals surface area contributed by atoms with Crippen molar-refractivity contribution >= 4 is 0 Å². The summed E-state index contributed by atoms with van der Waals surface area (Å²) in [5.74, 6) is -3.11. The fraction of sp³-hybridized carbons (Fsp3) is 0.250. The molecule has 118 valence electrons. The number of para-hydroxylation sites is 1. The van der Waals surface area contributed by atoms with Gasteiger partial charge in [0.15, 0.2) is 29.0 Å². The molecule has 0 unspecified atom stereocenters. The Balaban J connectivity index is 2.70. The van der Waals surface area contributed by atoms with Crippen LogP contribution in [-0.4, -0.2) is 22.1 Å². The van der Waals surface area contributed by atoms with E-state index < -0.39 is 11.6 Å². The van der Waals surface area contributed by atoms with E-state index in [9.17, 15) is 0 Å². The van der Waals surface area contributed by atoms with Gasteiger partial charge in [-0.15, -0.1) is 0 Å². The topological polar surface area (TPSA) is 204 Å². The van der Waals surface area contributed by atoms with E-state index in [2.05, 4.69) is 15.0 Å². The Labute approximate surface area is 126 Å². The molecule has 12 N–H and O–H groups in total. The van der Waals surface area contributed by atoms with Crippen molar-refractivity contribution in [2.45, 2.75) is 11.6 Å². The average molecular weight is 305 g/mol. The van der Waals surface area contributed by atoms with Gasteiger partial charge in [0, 0.05) is 0 Å². The van der Waals surface area contributed by atoms with Gasteiger partial charge in [-0.1, -0.05) is 12.1 Å². The number of methoxy groups -OCH3 is 1. The average Bonchev–Trinajstić information content (AvgIpc) is 2.45. The van der Waals surface area contributed by atoms with Gasteiger partial charge >= 0.3 is 0 Å². The van der Waals surface area contributed by atoms with Crippen molar-refractivity contribution in [3.63, 3.8) is 0 Å². The molecule has 0 amide bonds. The second-order valence-corrected chi connectivity index (χ2v) is 4.87. The molecule has 0 aliphatic heterocycles. The van der Waals surface area contributed by atoms with Gasteiger partial charge < -0.3 is 4.74 Å². The van der Waals surface area contributed by atoms with E-state index in [0.29, 0.717) is 11.3 Å². The molecule has 10 nitrogen and oxygen atoms in total. The lowest BCUT2D eigenvalue weighted by molar-refractivity contribution is 0.410. The lowest BCUT2D eigenvalue weighted by Gasteiger charge is -2.22. The number of hydrogen-bond donors (Lipinski definition) is 6. The van der Waals surface area contributed by atoms with Crippen molar-refractivity contribution in [2.75, 3.05) is 7.11 Å². The van der Waals surface area contributed by atoms with Crippen molar-refractivity contribution in [3.05, 3.63) is 35.9 Å². The van der Waals surface area contributed by atoms with Gasteiger partial charge in [0.25, 0.3) is 0 Å². The van der Waals surface area contributed by atoms with Crippen molar-refractivity contribution in [1.82, 2.24) is 15.0 Å². The van der Waals surface area contributed by atoms with Gasteiger partial charge in [0.05, 0.1) is 12.7 Å². The molecule has 0 bridgehead atoms. The predicted octanol–water partition coefficient (Wildman–Crippen LogP) is -2.48. The molecule has 0 spiro atoms. The van der Waals surface area contributed by atoms with Crippen LogP contribution in [0, 0.1) is 0 Å². The highest BCUT2D eigenvalue weighted by Gasteiger charge is 2.28. The van der Waals surface area contributed by atoms with Crippen LogP contribution in [0.2, 0.25) is 0 Å². The van der Waals surface area contributed by atoms with E-state index in [1.54, 1.807) is 24.3 Å². The molecule has 1 aromatic heterocycles. The normalized spacial score (nSPS) is 12.3. The molecule has 2 aromatic rings. The fourth-order valence-corrected chi connectivity index (χ4v) is 1.71. The molecule has 2 rings (SSSR count). The maximum atomic E-state index is 5.64. The van der Waals surface area contributed by atoms with Crippen LogP contribution in [0.15, 0.2) is 24.3 Å². The zero-order chi connectivity index (χ0) is 16.5. The van der Waals surface area contributed by atoms with Gasteiger partial charge in [-0.25, -0.2) is 15.0 Å². The molecular formula is C12H19N9O. The molecule has 22 heavy (non-hydrogen) atoms. The van der Waals surface area contributed by atoms with Gasteiger partial charge in [0.2, 0.25) is 0 Å². The molecule has 10 heteroatoms. The summed E-state index contributed by atoms with van der Waals surface area (Å²) in [5, 5.41) is 0. The van der Waals surface area contributed by atoms with Gasteiger partial charge in [-0.2, -0.15) is 0 Å². The maximum absolute atomic E-state index is 5.64. The summed E-state index contributed by atoms with van der Waals surface area (Å²) in [4.78, 5) is 12.3. The van der Waals surface area contributed by atoms with E-state index >= 15 is 0 Å². The fourth-order valence-electron chi connectivity index (χ4n) is 1.71. The second kappa shape index (κ2) is 5.53. The quantitative estimate of drug-likeness (QED) is 0.328. The highest BCUT2D eigenvalue weighted by atomic mass is 16.5. The Hall–Kier alpha value is -2.21. The SMILES string of the molecule is COc1ccccc1-c1nc(C(N)(N)N)nc(C(N)(N)N)n1. The van der Waals surface area contributed by atoms with Crippen LogP contribution in [0.4, 0.5) is 0 Å². The van der Waals surface area contributed by atoms with Crippen molar-refractivity contribution < 1.29 is 4.74 Å². The molecule has 0 saturated heterocycles. The molecule has 0 aliphatic rings. The third kappa shape index (κ3) is 3.33. The highest BCUT2D eigenvalue weighted by molar-refractivity contribution is 5.64. The van der Waals surface area contributed by atoms with Gasteiger partial charge in [0.1, 0.15) is 5.75 Å². The summed E-state index contributed by atoms with van der Waals surface area (Å²) >= 11 is 0. The van der Waals surface area contributed by atoms with Crippen LogP contribution >= 0.6 is 0 Å². The molecular weight excluding hydrogens is 286 g/mol. The van der Waals surface area contributed by atoms with Gasteiger partial charge in [-0.05, 0) is 12.1 Å². The third-order valence-electron chi connectivity index (χ3n) is 2.76. The van der Waals surface area contributed by atoms with Crippen LogP contribution in [-0.2, 0) is 11.6 Å². The van der Waals surface area contributed by atoms with E-state index in [1.807, 2.05) is 0 Å². The smallest absolute Gasteiger partial charge is 0.182 e. The summed E-state index contributed by atoms with van der Waals surface area (Å²) in [6, 6.07) is 7.05. The zero-order valence-electron chi connectivity index (χ0n) is 12.0. The Morgan fingerprint density at radius 2 is 1.32 bits per heavy atom. The molecule has 1 heterocycles. The lowest BCUT2D eigenvalue weighted by Crippen LogP contribution is -2.58. The van der Waals surface area contributed by atoms with Crippen LogP contribution in [0.1, 0.15) is 11.6 Å². The first kappa shape index (κ1) is 16.2. The maximum Gasteiger partial charge on any atom is 0.182 e. The Bertz CT molecular complexity index is 643. The van der Waals surface area contributed by atoms with Crippen LogP contribution < -0.4 is 39.1 Å². The third-order valence-corrected chi connectivity index (χ3v) is 2.76. The standard InChI is InChI=1S/C12H19N9O/c1-22-7-5-3-2-4-6(7)8-19-9(11(13,14)15)21-10(20-8)12(16,17)18/h2-5H,13-18H2,1H3. The number of rotatable bonds is 4.